The molecule has 3 aromatic carbocycles. The van der Waals surface area contributed by atoms with Crippen LogP contribution in [0.15, 0.2) is 71.1 Å². The molecule has 4 aromatic rings. The van der Waals surface area contributed by atoms with Gasteiger partial charge in [-0.05, 0) is 72.4 Å². The van der Waals surface area contributed by atoms with Crippen molar-refractivity contribution >= 4 is 34.3 Å². The van der Waals surface area contributed by atoms with Crippen LogP contribution in [0, 0.1) is 0 Å². The van der Waals surface area contributed by atoms with Crippen molar-refractivity contribution in [1.82, 2.24) is 4.98 Å². The van der Waals surface area contributed by atoms with Gasteiger partial charge in [0.05, 0.1) is 0 Å². The standard InChI is InChI=1S/C28H27ClN2O3/c29-22-10-6-19(7-11-22)16-28-31-25-17-23(12-15-26(25)34-28)30-27(32)18-33-24-13-8-21(9-14-24)20-4-2-1-3-5-20/h6-15,17,20H,1-5,16,18H2,(H,30,32). The largest absolute Gasteiger partial charge is 0.484 e. The summed E-state index contributed by atoms with van der Waals surface area (Å²) in [5, 5.41) is 3.57. The van der Waals surface area contributed by atoms with Crippen molar-refractivity contribution in [3.8, 4) is 5.75 Å². The number of hydrogen-bond acceptors (Lipinski definition) is 4. The fourth-order valence-electron chi connectivity index (χ4n) is 4.52. The predicted octanol–water partition coefficient (Wildman–Crippen LogP) is 7.14. The molecule has 1 fully saturated rings. The first kappa shape index (κ1) is 22.5. The van der Waals surface area contributed by atoms with Gasteiger partial charge in [-0.2, -0.15) is 0 Å². The molecule has 0 saturated heterocycles. The highest BCUT2D eigenvalue weighted by molar-refractivity contribution is 6.30. The Hall–Kier alpha value is -3.31. The third-order valence-corrected chi connectivity index (χ3v) is 6.56. The molecular formula is C28H27ClN2O3. The average Bonchev–Trinajstić information content (AvgIpc) is 3.26. The number of oxazole rings is 1. The van der Waals surface area contributed by atoms with Gasteiger partial charge in [0.15, 0.2) is 18.1 Å². The lowest BCUT2D eigenvalue weighted by Crippen LogP contribution is -2.20. The van der Waals surface area contributed by atoms with Crippen LogP contribution in [0.2, 0.25) is 5.02 Å². The average molecular weight is 475 g/mol. The normalized spacial score (nSPS) is 14.3. The molecule has 0 unspecified atom stereocenters. The van der Waals surface area contributed by atoms with Crippen molar-refractivity contribution in [1.29, 1.82) is 0 Å². The maximum Gasteiger partial charge on any atom is 0.262 e. The number of ether oxygens (including phenoxy) is 1. The second kappa shape index (κ2) is 10.3. The Labute approximate surface area is 204 Å². The molecule has 0 radical (unpaired) electrons. The molecule has 0 atom stereocenters. The fraction of sp³-hybridized carbons (Fsp3) is 0.286. The monoisotopic (exact) mass is 474 g/mol. The summed E-state index contributed by atoms with van der Waals surface area (Å²) in [6, 6.07) is 21.2. The number of hydrogen-bond donors (Lipinski definition) is 1. The number of amides is 1. The minimum atomic E-state index is -0.222. The van der Waals surface area contributed by atoms with Crippen molar-refractivity contribution in [3.05, 3.63) is 88.8 Å². The lowest BCUT2D eigenvalue weighted by molar-refractivity contribution is -0.118. The maximum absolute atomic E-state index is 12.4. The van der Waals surface area contributed by atoms with E-state index in [2.05, 4.69) is 22.4 Å². The van der Waals surface area contributed by atoms with Crippen LogP contribution in [0.3, 0.4) is 0 Å². The summed E-state index contributed by atoms with van der Waals surface area (Å²) in [6.45, 7) is -0.0541. The summed E-state index contributed by atoms with van der Waals surface area (Å²) in [5.41, 5.74) is 4.46. The van der Waals surface area contributed by atoms with Crippen LogP contribution >= 0.6 is 11.6 Å². The van der Waals surface area contributed by atoms with Crippen molar-refractivity contribution in [2.45, 2.75) is 44.4 Å². The first-order chi connectivity index (χ1) is 16.6. The van der Waals surface area contributed by atoms with Gasteiger partial charge in [0.25, 0.3) is 5.91 Å². The number of halogens is 1. The summed E-state index contributed by atoms with van der Waals surface area (Å²) in [4.78, 5) is 17.0. The van der Waals surface area contributed by atoms with Crippen molar-refractivity contribution < 1.29 is 13.9 Å². The highest BCUT2D eigenvalue weighted by Crippen LogP contribution is 2.33. The second-order valence-corrected chi connectivity index (χ2v) is 9.27. The maximum atomic E-state index is 12.4. The predicted molar refractivity (Wildman–Crippen MR) is 135 cm³/mol. The van der Waals surface area contributed by atoms with Crippen LogP contribution in [-0.2, 0) is 11.2 Å². The Morgan fingerprint density at radius 2 is 1.76 bits per heavy atom. The highest BCUT2D eigenvalue weighted by atomic mass is 35.5. The molecule has 0 bridgehead atoms. The molecule has 1 aliphatic carbocycles. The number of carbonyl (C=O) groups is 1. The lowest BCUT2D eigenvalue weighted by Gasteiger charge is -2.22. The highest BCUT2D eigenvalue weighted by Gasteiger charge is 2.15. The SMILES string of the molecule is O=C(COc1ccc(C2CCCCC2)cc1)Nc1ccc2oc(Cc3ccc(Cl)cc3)nc2c1. The first-order valence-electron chi connectivity index (χ1n) is 11.8. The van der Waals surface area contributed by atoms with E-state index in [0.717, 1.165) is 5.56 Å². The van der Waals surface area contributed by atoms with Crippen LogP contribution < -0.4 is 10.1 Å². The van der Waals surface area contributed by atoms with E-state index in [0.29, 0.717) is 45.8 Å². The molecule has 1 heterocycles. The van der Waals surface area contributed by atoms with E-state index < -0.39 is 0 Å². The number of benzene rings is 3. The summed E-state index contributed by atoms with van der Waals surface area (Å²) in [7, 11) is 0. The van der Waals surface area contributed by atoms with Crippen LogP contribution in [0.5, 0.6) is 5.75 Å². The van der Waals surface area contributed by atoms with Gasteiger partial charge in [0.2, 0.25) is 0 Å². The van der Waals surface area contributed by atoms with E-state index in [9.17, 15) is 4.79 Å². The Morgan fingerprint density at radius 1 is 1.00 bits per heavy atom. The summed E-state index contributed by atoms with van der Waals surface area (Å²) in [6.07, 6.45) is 7.07. The molecule has 1 N–H and O–H groups in total. The van der Waals surface area contributed by atoms with E-state index in [1.54, 1.807) is 12.1 Å². The Bertz CT molecular complexity index is 1260. The van der Waals surface area contributed by atoms with Crippen LogP contribution in [-0.4, -0.2) is 17.5 Å². The summed E-state index contributed by atoms with van der Waals surface area (Å²) >= 11 is 5.95. The smallest absolute Gasteiger partial charge is 0.262 e. The summed E-state index contributed by atoms with van der Waals surface area (Å²) < 4.78 is 11.5. The third-order valence-electron chi connectivity index (χ3n) is 6.31. The third kappa shape index (κ3) is 5.60. The molecule has 5 nitrogen and oxygen atoms in total. The summed E-state index contributed by atoms with van der Waals surface area (Å²) in [5.74, 6) is 1.75. The first-order valence-corrected chi connectivity index (χ1v) is 12.2. The minimum absolute atomic E-state index is 0.0541. The van der Waals surface area contributed by atoms with E-state index in [1.807, 2.05) is 42.5 Å². The van der Waals surface area contributed by atoms with Gasteiger partial charge in [0.1, 0.15) is 11.3 Å². The van der Waals surface area contributed by atoms with E-state index in [4.69, 9.17) is 20.8 Å². The number of nitrogens with one attached hydrogen (secondary N) is 1. The number of aromatic nitrogens is 1. The number of rotatable bonds is 7. The number of anilines is 1. The molecule has 6 heteroatoms. The van der Waals surface area contributed by atoms with E-state index in [1.165, 1.54) is 37.7 Å². The van der Waals surface area contributed by atoms with E-state index in [-0.39, 0.29) is 12.5 Å². The molecule has 34 heavy (non-hydrogen) atoms. The topological polar surface area (TPSA) is 64.4 Å². The Balaban J connectivity index is 1.16. The van der Waals surface area contributed by atoms with E-state index >= 15 is 0 Å². The quantitative estimate of drug-likeness (QED) is 0.309. The molecule has 1 saturated carbocycles. The fourth-order valence-corrected chi connectivity index (χ4v) is 4.65. The van der Waals surface area contributed by atoms with Crippen molar-refractivity contribution in [2.24, 2.45) is 0 Å². The van der Waals surface area contributed by atoms with Crippen LogP contribution in [0.25, 0.3) is 11.1 Å². The molecule has 1 aromatic heterocycles. The molecule has 0 spiro atoms. The van der Waals surface area contributed by atoms with Crippen LogP contribution in [0.4, 0.5) is 5.69 Å². The van der Waals surface area contributed by atoms with Crippen molar-refractivity contribution in [3.63, 3.8) is 0 Å². The molecular weight excluding hydrogens is 448 g/mol. The zero-order chi connectivity index (χ0) is 23.3. The molecule has 0 aliphatic heterocycles. The number of carbonyl (C=O) groups excluding carboxylic acids is 1. The van der Waals surface area contributed by atoms with Crippen molar-refractivity contribution in [2.75, 3.05) is 11.9 Å². The van der Waals surface area contributed by atoms with Gasteiger partial charge < -0.3 is 14.5 Å². The van der Waals surface area contributed by atoms with Crippen LogP contribution in [0.1, 0.15) is 55.0 Å². The lowest BCUT2D eigenvalue weighted by atomic mass is 9.84. The zero-order valence-corrected chi connectivity index (χ0v) is 19.7. The Morgan fingerprint density at radius 3 is 2.53 bits per heavy atom. The van der Waals surface area contributed by atoms with Gasteiger partial charge in [-0.3, -0.25) is 4.79 Å². The van der Waals surface area contributed by atoms with Gasteiger partial charge in [0, 0.05) is 17.1 Å². The second-order valence-electron chi connectivity index (χ2n) is 8.83. The Kier molecular flexibility index (Phi) is 6.82. The van der Waals surface area contributed by atoms with Gasteiger partial charge >= 0.3 is 0 Å². The minimum Gasteiger partial charge on any atom is -0.484 e. The number of fused-ring (bicyclic) bond motifs is 1. The zero-order valence-electron chi connectivity index (χ0n) is 18.9. The molecule has 1 amide bonds. The van der Waals surface area contributed by atoms with Gasteiger partial charge in [-0.15, -0.1) is 0 Å². The molecule has 174 valence electrons. The van der Waals surface area contributed by atoms with Gasteiger partial charge in [-0.1, -0.05) is 55.1 Å². The van der Waals surface area contributed by atoms with Gasteiger partial charge in [-0.25, -0.2) is 4.98 Å². The number of nitrogens with zero attached hydrogens (tertiary/aromatic N) is 1. The molecule has 1 aliphatic rings. The molecule has 5 rings (SSSR count).